The summed E-state index contributed by atoms with van der Waals surface area (Å²) in [6, 6.07) is 9.93. The van der Waals surface area contributed by atoms with E-state index in [-0.39, 0.29) is 0 Å². The molecule has 3 nitrogen and oxygen atoms in total. The van der Waals surface area contributed by atoms with Gasteiger partial charge < -0.3 is 15.1 Å². The maximum absolute atomic E-state index is 3.65. The second-order valence-corrected chi connectivity index (χ2v) is 5.92. The first kappa shape index (κ1) is 14.2. The Morgan fingerprint density at radius 1 is 1.05 bits per heavy atom. The van der Waals surface area contributed by atoms with E-state index in [1.807, 2.05) is 0 Å². The molecule has 1 aromatic carbocycles. The fourth-order valence-electron chi connectivity index (χ4n) is 2.81. The predicted octanol–water partition coefficient (Wildman–Crippen LogP) is 2.72. The molecule has 2 unspecified atom stereocenters. The molecule has 2 rings (SSSR count). The third-order valence-electron chi connectivity index (χ3n) is 3.94. The van der Waals surface area contributed by atoms with Crippen molar-refractivity contribution in [2.45, 2.75) is 38.8 Å². The molecule has 0 saturated carbocycles. The zero-order valence-electron chi connectivity index (χ0n) is 12.7. The molecule has 0 amide bonds. The summed E-state index contributed by atoms with van der Waals surface area (Å²) >= 11 is 0. The maximum atomic E-state index is 3.65. The quantitative estimate of drug-likeness (QED) is 0.883. The third-order valence-corrected chi connectivity index (χ3v) is 3.94. The molecule has 19 heavy (non-hydrogen) atoms. The van der Waals surface area contributed by atoms with Crippen molar-refractivity contribution in [2.75, 3.05) is 37.0 Å². The molecule has 1 heterocycles. The zero-order valence-corrected chi connectivity index (χ0v) is 12.7. The molecule has 0 spiro atoms. The summed E-state index contributed by atoms with van der Waals surface area (Å²) in [5.41, 5.74) is 2.69. The van der Waals surface area contributed by atoms with Crippen LogP contribution in [0, 0.1) is 0 Å². The highest BCUT2D eigenvalue weighted by molar-refractivity contribution is 5.70. The summed E-state index contributed by atoms with van der Waals surface area (Å²) in [5.74, 6) is 0. The largest absolute Gasteiger partial charge is 0.376 e. The van der Waals surface area contributed by atoms with Gasteiger partial charge in [-0.2, -0.15) is 0 Å². The van der Waals surface area contributed by atoms with Gasteiger partial charge in [0.1, 0.15) is 0 Å². The van der Waals surface area contributed by atoms with E-state index in [1.165, 1.54) is 24.2 Å². The molecule has 2 atom stereocenters. The first-order chi connectivity index (χ1) is 9.08. The third kappa shape index (κ3) is 3.63. The lowest BCUT2D eigenvalue weighted by Crippen LogP contribution is -2.43. The molecule has 106 valence electrons. The number of hydrogen-bond acceptors (Lipinski definition) is 3. The van der Waals surface area contributed by atoms with Crippen LogP contribution < -0.4 is 15.1 Å². The summed E-state index contributed by atoms with van der Waals surface area (Å²) in [6.07, 6.45) is 2.40. The van der Waals surface area contributed by atoms with E-state index in [9.17, 15) is 0 Å². The van der Waals surface area contributed by atoms with Crippen molar-refractivity contribution < 1.29 is 0 Å². The molecule has 0 bridgehead atoms. The second kappa shape index (κ2) is 6.29. The summed E-state index contributed by atoms with van der Waals surface area (Å²) in [5, 5.41) is 3.65. The van der Waals surface area contributed by atoms with Gasteiger partial charge in [-0.3, -0.25) is 0 Å². The number of anilines is 2. The highest BCUT2D eigenvalue weighted by Crippen LogP contribution is 2.28. The van der Waals surface area contributed by atoms with Crippen LogP contribution >= 0.6 is 0 Å². The van der Waals surface area contributed by atoms with E-state index < -0.39 is 0 Å². The van der Waals surface area contributed by atoms with Crippen LogP contribution in [-0.2, 0) is 0 Å². The lowest BCUT2D eigenvalue weighted by molar-refractivity contribution is 0.404. The highest BCUT2D eigenvalue weighted by atomic mass is 15.2. The summed E-state index contributed by atoms with van der Waals surface area (Å²) < 4.78 is 0. The lowest BCUT2D eigenvalue weighted by atomic mass is 10.1. The van der Waals surface area contributed by atoms with E-state index in [0.717, 1.165) is 13.1 Å². The Kier molecular flexibility index (Phi) is 4.70. The first-order valence-electron chi connectivity index (χ1n) is 7.35. The van der Waals surface area contributed by atoms with Crippen LogP contribution in [0.3, 0.4) is 0 Å². The van der Waals surface area contributed by atoms with Gasteiger partial charge in [0, 0.05) is 39.3 Å². The van der Waals surface area contributed by atoms with Gasteiger partial charge in [-0.05, 0) is 38.8 Å². The molecule has 1 saturated heterocycles. The van der Waals surface area contributed by atoms with Crippen LogP contribution in [0.1, 0.15) is 26.7 Å². The molecule has 1 N–H and O–H groups in total. The van der Waals surface area contributed by atoms with Crippen molar-refractivity contribution >= 4 is 11.4 Å². The van der Waals surface area contributed by atoms with Crippen LogP contribution in [0.15, 0.2) is 24.3 Å². The minimum absolute atomic E-state index is 0.601. The van der Waals surface area contributed by atoms with Crippen LogP contribution in [0.4, 0.5) is 11.4 Å². The van der Waals surface area contributed by atoms with Gasteiger partial charge in [-0.1, -0.05) is 12.1 Å². The number of hydrogen-bond donors (Lipinski definition) is 1. The average Bonchev–Trinajstić information content (AvgIpc) is 2.36. The molecule has 1 aliphatic heterocycles. The SMILES string of the molecule is CC1CCN(c2ccccc2N(C)C)CCC(C)N1. The van der Waals surface area contributed by atoms with Gasteiger partial charge in [-0.25, -0.2) is 0 Å². The van der Waals surface area contributed by atoms with Crippen molar-refractivity contribution in [3.63, 3.8) is 0 Å². The molecule has 3 heteroatoms. The number of nitrogens with zero attached hydrogens (tertiary/aromatic N) is 2. The second-order valence-electron chi connectivity index (χ2n) is 5.92. The van der Waals surface area contributed by atoms with E-state index in [1.54, 1.807) is 0 Å². The first-order valence-corrected chi connectivity index (χ1v) is 7.35. The van der Waals surface area contributed by atoms with E-state index in [4.69, 9.17) is 0 Å². The van der Waals surface area contributed by atoms with Gasteiger partial charge in [-0.15, -0.1) is 0 Å². The molecule has 0 aliphatic carbocycles. The molecule has 1 fully saturated rings. The standard InChI is InChI=1S/C16H27N3/c1-13-9-11-19(12-10-14(2)17-13)16-8-6-5-7-15(16)18(3)4/h5-8,13-14,17H,9-12H2,1-4H3. The maximum Gasteiger partial charge on any atom is 0.0603 e. The van der Waals surface area contributed by atoms with Gasteiger partial charge >= 0.3 is 0 Å². The van der Waals surface area contributed by atoms with Crippen molar-refractivity contribution in [1.82, 2.24) is 5.32 Å². The zero-order chi connectivity index (χ0) is 13.8. The summed E-state index contributed by atoms with van der Waals surface area (Å²) in [4.78, 5) is 4.75. The minimum atomic E-state index is 0.601. The molecule has 1 aliphatic rings. The molecular formula is C16H27N3. The number of nitrogens with one attached hydrogen (secondary N) is 1. The topological polar surface area (TPSA) is 18.5 Å². The molecular weight excluding hydrogens is 234 g/mol. The smallest absolute Gasteiger partial charge is 0.0603 e. The van der Waals surface area contributed by atoms with Crippen molar-refractivity contribution in [1.29, 1.82) is 0 Å². The Labute approximate surface area is 117 Å². The molecule has 1 aromatic rings. The van der Waals surface area contributed by atoms with Crippen LogP contribution in [0.25, 0.3) is 0 Å². The van der Waals surface area contributed by atoms with E-state index >= 15 is 0 Å². The van der Waals surface area contributed by atoms with Gasteiger partial charge in [0.2, 0.25) is 0 Å². The lowest BCUT2D eigenvalue weighted by Gasteiger charge is -2.34. The van der Waals surface area contributed by atoms with Crippen LogP contribution in [-0.4, -0.2) is 39.3 Å². The fourth-order valence-corrected chi connectivity index (χ4v) is 2.81. The molecule has 0 radical (unpaired) electrons. The predicted molar refractivity (Wildman–Crippen MR) is 84.3 cm³/mol. The van der Waals surface area contributed by atoms with Gasteiger partial charge in [0.05, 0.1) is 11.4 Å². The number of rotatable bonds is 2. The normalized spacial score (nSPS) is 24.7. The van der Waals surface area contributed by atoms with E-state index in [0.29, 0.717) is 12.1 Å². The Balaban J connectivity index is 2.19. The van der Waals surface area contributed by atoms with Crippen molar-refractivity contribution in [2.24, 2.45) is 0 Å². The highest BCUT2D eigenvalue weighted by Gasteiger charge is 2.18. The monoisotopic (exact) mass is 261 g/mol. The average molecular weight is 261 g/mol. The van der Waals surface area contributed by atoms with Crippen LogP contribution in [0.2, 0.25) is 0 Å². The Morgan fingerprint density at radius 2 is 1.63 bits per heavy atom. The molecule has 0 aromatic heterocycles. The Bertz CT molecular complexity index is 391. The van der Waals surface area contributed by atoms with Gasteiger partial charge in [0.25, 0.3) is 0 Å². The van der Waals surface area contributed by atoms with Crippen LogP contribution in [0.5, 0.6) is 0 Å². The minimum Gasteiger partial charge on any atom is -0.376 e. The van der Waals surface area contributed by atoms with Crippen molar-refractivity contribution in [3.05, 3.63) is 24.3 Å². The van der Waals surface area contributed by atoms with Gasteiger partial charge in [0.15, 0.2) is 0 Å². The summed E-state index contributed by atoms with van der Waals surface area (Å²) in [6.45, 7) is 6.84. The Morgan fingerprint density at radius 3 is 2.21 bits per heavy atom. The fraction of sp³-hybridized carbons (Fsp3) is 0.625. The number of benzene rings is 1. The Hall–Kier alpha value is -1.22. The van der Waals surface area contributed by atoms with E-state index in [2.05, 4.69) is 67.3 Å². The summed E-state index contributed by atoms with van der Waals surface area (Å²) in [7, 11) is 4.24. The number of para-hydroxylation sites is 2. The van der Waals surface area contributed by atoms with Crippen molar-refractivity contribution in [3.8, 4) is 0 Å².